The Morgan fingerprint density at radius 3 is 2.65 bits per heavy atom. The van der Waals surface area contributed by atoms with E-state index in [4.69, 9.17) is 5.26 Å². The standard InChI is InChI=1S/C19H22N4/c1-14-5-4-6-18(14)19(23-13-21-3)12-22-15(2)17-9-7-16(11-20)8-10-17/h4-10,13,15,22H,12H2,1-3H3,(H,21,23)/b19-18-. The fraction of sp³-hybridized carbons (Fsp3) is 0.263. The summed E-state index contributed by atoms with van der Waals surface area (Å²) in [7, 11) is 1.75. The van der Waals surface area contributed by atoms with Gasteiger partial charge in [0.05, 0.1) is 18.0 Å². The number of rotatable bonds is 6. The zero-order valence-electron chi connectivity index (χ0n) is 13.8. The molecule has 0 fully saturated rings. The van der Waals surface area contributed by atoms with Crippen LogP contribution in [0.4, 0.5) is 0 Å². The van der Waals surface area contributed by atoms with Gasteiger partial charge in [0.1, 0.15) is 0 Å². The van der Waals surface area contributed by atoms with Gasteiger partial charge in [-0.1, -0.05) is 30.4 Å². The zero-order chi connectivity index (χ0) is 16.7. The molecule has 0 amide bonds. The highest BCUT2D eigenvalue weighted by atomic mass is 15.0. The Balaban J connectivity index is 2.07. The molecule has 0 aliphatic heterocycles. The first kappa shape index (κ1) is 16.7. The number of nitrogens with one attached hydrogen (secondary N) is 2. The van der Waals surface area contributed by atoms with Crippen LogP contribution in [0.2, 0.25) is 0 Å². The summed E-state index contributed by atoms with van der Waals surface area (Å²) in [4.78, 5) is 4.00. The fourth-order valence-electron chi connectivity index (χ4n) is 2.43. The van der Waals surface area contributed by atoms with Gasteiger partial charge in [0.25, 0.3) is 0 Å². The van der Waals surface area contributed by atoms with E-state index in [1.807, 2.05) is 24.3 Å². The summed E-state index contributed by atoms with van der Waals surface area (Å²) in [5, 5.41) is 15.6. The van der Waals surface area contributed by atoms with E-state index in [1.165, 1.54) is 11.1 Å². The quantitative estimate of drug-likeness (QED) is 0.626. The molecular formula is C19H22N4. The Labute approximate surface area is 137 Å². The average molecular weight is 306 g/mol. The first-order valence-corrected chi connectivity index (χ1v) is 7.64. The van der Waals surface area contributed by atoms with Crippen molar-refractivity contribution in [2.75, 3.05) is 13.6 Å². The molecule has 1 aromatic carbocycles. The van der Waals surface area contributed by atoms with E-state index in [1.54, 1.807) is 13.4 Å². The third kappa shape index (κ3) is 4.41. The molecule has 0 spiro atoms. The second-order valence-electron chi connectivity index (χ2n) is 5.47. The van der Waals surface area contributed by atoms with E-state index < -0.39 is 0 Å². The second kappa shape index (κ2) is 8.11. The molecule has 1 atom stereocenters. The van der Waals surface area contributed by atoms with Crippen molar-refractivity contribution in [2.45, 2.75) is 19.9 Å². The second-order valence-corrected chi connectivity index (χ2v) is 5.47. The van der Waals surface area contributed by atoms with Crippen LogP contribution in [0.5, 0.6) is 0 Å². The summed E-state index contributed by atoms with van der Waals surface area (Å²) >= 11 is 0. The van der Waals surface area contributed by atoms with E-state index in [0.29, 0.717) is 12.1 Å². The Bertz CT molecular complexity index is 700. The number of nitriles is 1. The highest BCUT2D eigenvalue weighted by molar-refractivity contribution is 5.61. The minimum Gasteiger partial charge on any atom is -0.349 e. The molecule has 1 aliphatic carbocycles. The van der Waals surface area contributed by atoms with Crippen molar-refractivity contribution >= 4 is 6.34 Å². The maximum absolute atomic E-state index is 8.87. The third-order valence-corrected chi connectivity index (χ3v) is 3.85. The van der Waals surface area contributed by atoms with Gasteiger partial charge in [-0.2, -0.15) is 5.26 Å². The first-order valence-electron chi connectivity index (χ1n) is 7.64. The van der Waals surface area contributed by atoms with Crippen LogP contribution in [0, 0.1) is 11.3 Å². The molecular weight excluding hydrogens is 284 g/mol. The van der Waals surface area contributed by atoms with Crippen LogP contribution in [-0.4, -0.2) is 19.9 Å². The van der Waals surface area contributed by atoms with Gasteiger partial charge < -0.3 is 10.6 Å². The smallest absolute Gasteiger partial charge is 0.0991 e. The normalized spacial score (nSPS) is 17.0. The van der Waals surface area contributed by atoms with Crippen molar-refractivity contribution < 1.29 is 0 Å². The van der Waals surface area contributed by atoms with E-state index in [2.05, 4.69) is 53.8 Å². The van der Waals surface area contributed by atoms with Crippen LogP contribution in [0.1, 0.15) is 31.0 Å². The predicted octanol–water partition coefficient (Wildman–Crippen LogP) is 3.23. The van der Waals surface area contributed by atoms with Crippen molar-refractivity contribution in [2.24, 2.45) is 4.99 Å². The lowest BCUT2D eigenvalue weighted by atomic mass is 10.1. The maximum Gasteiger partial charge on any atom is 0.0991 e. The highest BCUT2D eigenvalue weighted by Gasteiger charge is 2.11. The average Bonchev–Trinajstić information content (AvgIpc) is 3.01. The van der Waals surface area contributed by atoms with Gasteiger partial charge in [-0.3, -0.25) is 4.99 Å². The zero-order valence-corrected chi connectivity index (χ0v) is 13.8. The fourth-order valence-corrected chi connectivity index (χ4v) is 2.43. The van der Waals surface area contributed by atoms with Crippen molar-refractivity contribution in [1.82, 2.24) is 10.6 Å². The van der Waals surface area contributed by atoms with E-state index in [-0.39, 0.29) is 6.04 Å². The molecule has 2 rings (SSSR count). The summed E-state index contributed by atoms with van der Waals surface area (Å²) < 4.78 is 0. The molecule has 0 aromatic heterocycles. The van der Waals surface area contributed by atoms with Gasteiger partial charge in [-0.15, -0.1) is 0 Å². The topological polar surface area (TPSA) is 60.2 Å². The van der Waals surface area contributed by atoms with Gasteiger partial charge in [-0.25, -0.2) is 0 Å². The Morgan fingerprint density at radius 2 is 2.09 bits per heavy atom. The molecule has 23 heavy (non-hydrogen) atoms. The van der Waals surface area contributed by atoms with E-state index in [0.717, 1.165) is 11.3 Å². The molecule has 1 aliphatic rings. The van der Waals surface area contributed by atoms with Crippen molar-refractivity contribution in [3.05, 3.63) is 70.5 Å². The number of nitrogens with zero attached hydrogens (tertiary/aromatic N) is 2. The molecule has 0 saturated carbocycles. The molecule has 0 saturated heterocycles. The summed E-state index contributed by atoms with van der Waals surface area (Å²) in [5.41, 5.74) is 5.38. The summed E-state index contributed by atoms with van der Waals surface area (Å²) in [6.07, 6.45) is 7.97. The van der Waals surface area contributed by atoms with Crippen molar-refractivity contribution in [3.8, 4) is 6.07 Å². The highest BCUT2D eigenvalue weighted by Crippen LogP contribution is 2.21. The number of hydrogen-bond acceptors (Lipinski definition) is 3. The number of aliphatic imine (C=N–C) groups is 1. The lowest BCUT2D eigenvalue weighted by Gasteiger charge is -2.18. The molecule has 1 aromatic rings. The number of benzene rings is 1. The third-order valence-electron chi connectivity index (χ3n) is 3.85. The van der Waals surface area contributed by atoms with Crippen molar-refractivity contribution in [1.29, 1.82) is 5.26 Å². The van der Waals surface area contributed by atoms with Crippen LogP contribution in [0.15, 0.2) is 64.3 Å². The summed E-state index contributed by atoms with van der Waals surface area (Å²) in [5.74, 6) is 0. The SMILES string of the molecule is C/N=C\N/C(CNC(C)c1ccc(C#N)cc1)=C1/C=CC=C1C. The molecule has 0 radical (unpaired) electrons. The molecule has 0 heterocycles. The van der Waals surface area contributed by atoms with Crippen LogP contribution in [-0.2, 0) is 0 Å². The lowest BCUT2D eigenvalue weighted by Crippen LogP contribution is -2.28. The van der Waals surface area contributed by atoms with Gasteiger partial charge >= 0.3 is 0 Å². The Hall–Kier alpha value is -2.64. The molecule has 4 nitrogen and oxygen atoms in total. The van der Waals surface area contributed by atoms with Crippen LogP contribution >= 0.6 is 0 Å². The first-order chi connectivity index (χ1) is 11.2. The maximum atomic E-state index is 8.87. The van der Waals surface area contributed by atoms with Crippen LogP contribution < -0.4 is 10.6 Å². The minimum absolute atomic E-state index is 0.188. The van der Waals surface area contributed by atoms with E-state index >= 15 is 0 Å². The summed E-state index contributed by atoms with van der Waals surface area (Å²) in [6, 6.07) is 10.0. The van der Waals surface area contributed by atoms with Crippen LogP contribution in [0.3, 0.4) is 0 Å². The number of hydrogen-bond donors (Lipinski definition) is 2. The summed E-state index contributed by atoms with van der Waals surface area (Å²) in [6.45, 7) is 4.92. The van der Waals surface area contributed by atoms with Gasteiger partial charge in [0.2, 0.25) is 0 Å². The monoisotopic (exact) mass is 306 g/mol. The van der Waals surface area contributed by atoms with Crippen molar-refractivity contribution in [3.63, 3.8) is 0 Å². The predicted molar refractivity (Wildman–Crippen MR) is 95.0 cm³/mol. The van der Waals surface area contributed by atoms with E-state index in [9.17, 15) is 0 Å². The lowest BCUT2D eigenvalue weighted by molar-refractivity contribution is 0.599. The van der Waals surface area contributed by atoms with Gasteiger partial charge in [0.15, 0.2) is 0 Å². The molecule has 0 bridgehead atoms. The minimum atomic E-state index is 0.188. The molecule has 4 heteroatoms. The van der Waals surface area contributed by atoms with Gasteiger partial charge in [-0.05, 0) is 42.7 Å². The Morgan fingerprint density at radius 1 is 1.35 bits per heavy atom. The van der Waals surface area contributed by atoms with Gasteiger partial charge in [0, 0.05) is 25.3 Å². The molecule has 2 N–H and O–H groups in total. The van der Waals surface area contributed by atoms with Crippen LogP contribution in [0.25, 0.3) is 0 Å². The number of allylic oxidation sites excluding steroid dienone is 5. The Kier molecular flexibility index (Phi) is 5.90. The molecule has 118 valence electrons. The molecule has 1 unspecified atom stereocenters. The largest absolute Gasteiger partial charge is 0.349 e.